The molecule has 96 valence electrons. The molecule has 6 heteroatoms. The lowest BCUT2D eigenvalue weighted by atomic mass is 10.2. The highest BCUT2D eigenvalue weighted by Crippen LogP contribution is 2.27. The zero-order valence-electron chi connectivity index (χ0n) is 9.74. The monoisotopic (exact) mass is 275 g/mol. The molecular weight excluding hydrogens is 266 g/mol. The third kappa shape index (κ3) is 2.28. The fraction of sp³-hybridized carbons (Fsp3) is 0. The summed E-state index contributed by atoms with van der Waals surface area (Å²) in [4.78, 5) is 13.7. The molecule has 5 nitrogen and oxygen atoms in total. The number of oxazole rings is 1. The van der Waals surface area contributed by atoms with Crippen LogP contribution < -0.4 is 16.8 Å². The van der Waals surface area contributed by atoms with Crippen molar-refractivity contribution < 1.29 is 4.42 Å². The van der Waals surface area contributed by atoms with Crippen molar-refractivity contribution in [2.24, 2.45) is 0 Å². The number of benzene rings is 2. The van der Waals surface area contributed by atoms with Gasteiger partial charge in [0, 0.05) is 16.8 Å². The van der Waals surface area contributed by atoms with Gasteiger partial charge in [-0.1, -0.05) is 11.6 Å². The Morgan fingerprint density at radius 2 is 1.95 bits per heavy atom. The van der Waals surface area contributed by atoms with Crippen molar-refractivity contribution in [2.45, 2.75) is 0 Å². The van der Waals surface area contributed by atoms with Crippen molar-refractivity contribution in [1.82, 2.24) is 4.98 Å². The molecule has 0 spiro atoms. The predicted octanol–water partition coefficient (Wildman–Crippen LogP) is 3.10. The highest BCUT2D eigenvalue weighted by atomic mass is 35.5. The molecule has 0 aliphatic carbocycles. The first-order chi connectivity index (χ1) is 9.11. The van der Waals surface area contributed by atoms with Gasteiger partial charge in [0.15, 0.2) is 5.58 Å². The Labute approximate surface area is 113 Å². The Balaban J connectivity index is 2.02. The minimum absolute atomic E-state index is 0.434. The topological polar surface area (TPSA) is 84.0 Å². The van der Waals surface area contributed by atoms with Gasteiger partial charge in [-0.15, -0.1) is 0 Å². The molecule has 0 bridgehead atoms. The quantitative estimate of drug-likeness (QED) is 0.628. The van der Waals surface area contributed by atoms with Crippen LogP contribution in [0.5, 0.6) is 0 Å². The average Bonchev–Trinajstić information content (AvgIpc) is 2.72. The maximum Gasteiger partial charge on any atom is 0.417 e. The summed E-state index contributed by atoms with van der Waals surface area (Å²) in [5.41, 5.74) is 8.96. The van der Waals surface area contributed by atoms with E-state index in [1.165, 1.54) is 0 Å². The van der Waals surface area contributed by atoms with Crippen LogP contribution in [0, 0.1) is 0 Å². The van der Waals surface area contributed by atoms with E-state index in [0.29, 0.717) is 27.5 Å². The fourth-order valence-corrected chi connectivity index (χ4v) is 1.94. The second-order valence-corrected chi connectivity index (χ2v) is 4.52. The van der Waals surface area contributed by atoms with Crippen molar-refractivity contribution in [1.29, 1.82) is 0 Å². The molecule has 19 heavy (non-hydrogen) atoms. The number of rotatable bonds is 2. The molecule has 0 unspecified atom stereocenters. The normalized spacial score (nSPS) is 10.8. The SMILES string of the molecule is Nc1cc2oc(=O)[nH]c2cc1Nc1ccc(Cl)cc1. The van der Waals surface area contributed by atoms with E-state index in [2.05, 4.69) is 10.3 Å². The van der Waals surface area contributed by atoms with Crippen LogP contribution in [0.4, 0.5) is 17.1 Å². The summed E-state index contributed by atoms with van der Waals surface area (Å²) < 4.78 is 4.93. The summed E-state index contributed by atoms with van der Waals surface area (Å²) in [6, 6.07) is 10.6. The highest BCUT2D eigenvalue weighted by molar-refractivity contribution is 6.30. The number of H-pyrrole nitrogens is 1. The Morgan fingerprint density at radius 1 is 1.21 bits per heavy atom. The molecular formula is C13H10ClN3O2. The highest BCUT2D eigenvalue weighted by Gasteiger charge is 2.07. The fourth-order valence-electron chi connectivity index (χ4n) is 1.81. The Morgan fingerprint density at radius 3 is 2.68 bits per heavy atom. The minimum Gasteiger partial charge on any atom is -0.408 e. The number of hydrogen-bond acceptors (Lipinski definition) is 4. The summed E-state index contributed by atoms with van der Waals surface area (Å²) in [6.07, 6.45) is 0. The first-order valence-electron chi connectivity index (χ1n) is 5.57. The number of nitrogens with one attached hydrogen (secondary N) is 2. The van der Waals surface area contributed by atoms with Gasteiger partial charge in [-0.25, -0.2) is 4.79 Å². The number of hydrogen-bond donors (Lipinski definition) is 3. The van der Waals surface area contributed by atoms with Gasteiger partial charge in [0.2, 0.25) is 0 Å². The van der Waals surface area contributed by atoms with Crippen molar-refractivity contribution in [3.8, 4) is 0 Å². The van der Waals surface area contributed by atoms with Crippen LogP contribution in [0.1, 0.15) is 0 Å². The molecule has 3 aromatic rings. The summed E-state index contributed by atoms with van der Waals surface area (Å²) >= 11 is 5.82. The zero-order valence-corrected chi connectivity index (χ0v) is 10.5. The van der Waals surface area contributed by atoms with E-state index < -0.39 is 5.76 Å². The van der Waals surface area contributed by atoms with Crippen LogP contribution in [0.2, 0.25) is 5.02 Å². The molecule has 4 N–H and O–H groups in total. The number of fused-ring (bicyclic) bond motifs is 1. The third-order valence-corrected chi connectivity index (χ3v) is 2.97. The standard InChI is InChI=1S/C13H10ClN3O2/c14-7-1-3-8(4-2-7)16-10-6-11-12(5-9(10)15)19-13(18)17-11/h1-6,16H,15H2,(H,17,18). The Hall–Kier alpha value is -2.40. The van der Waals surface area contributed by atoms with Crippen molar-refractivity contribution in [2.75, 3.05) is 11.1 Å². The molecule has 0 saturated carbocycles. The predicted molar refractivity (Wildman–Crippen MR) is 76.0 cm³/mol. The molecule has 0 radical (unpaired) electrons. The smallest absolute Gasteiger partial charge is 0.408 e. The maximum atomic E-state index is 11.1. The molecule has 1 heterocycles. The van der Waals surface area contributed by atoms with E-state index in [4.69, 9.17) is 21.8 Å². The van der Waals surface area contributed by atoms with Crippen LogP contribution >= 0.6 is 11.6 Å². The summed E-state index contributed by atoms with van der Waals surface area (Å²) in [5, 5.41) is 3.81. The summed E-state index contributed by atoms with van der Waals surface area (Å²) in [5.74, 6) is -0.502. The van der Waals surface area contributed by atoms with E-state index in [9.17, 15) is 4.79 Å². The van der Waals surface area contributed by atoms with E-state index in [1.54, 1.807) is 24.3 Å². The second kappa shape index (κ2) is 4.37. The van der Waals surface area contributed by atoms with Gasteiger partial charge in [0.05, 0.1) is 16.9 Å². The van der Waals surface area contributed by atoms with E-state index in [-0.39, 0.29) is 0 Å². The number of aromatic amines is 1. The number of halogens is 1. The van der Waals surface area contributed by atoms with Gasteiger partial charge in [-0.05, 0) is 30.3 Å². The van der Waals surface area contributed by atoms with Crippen molar-refractivity contribution in [3.63, 3.8) is 0 Å². The van der Waals surface area contributed by atoms with E-state index in [0.717, 1.165) is 5.69 Å². The van der Waals surface area contributed by atoms with Crippen LogP contribution in [-0.4, -0.2) is 4.98 Å². The summed E-state index contributed by atoms with van der Waals surface area (Å²) in [6.45, 7) is 0. The van der Waals surface area contributed by atoms with Gasteiger partial charge < -0.3 is 15.5 Å². The number of anilines is 3. The van der Waals surface area contributed by atoms with Crippen LogP contribution in [0.15, 0.2) is 45.6 Å². The molecule has 1 aromatic heterocycles. The third-order valence-electron chi connectivity index (χ3n) is 2.71. The molecule has 0 amide bonds. The van der Waals surface area contributed by atoms with Crippen LogP contribution in [0.25, 0.3) is 11.1 Å². The summed E-state index contributed by atoms with van der Waals surface area (Å²) in [7, 11) is 0. The average molecular weight is 276 g/mol. The molecule has 0 aliphatic heterocycles. The first-order valence-corrected chi connectivity index (χ1v) is 5.94. The van der Waals surface area contributed by atoms with Gasteiger partial charge in [-0.3, -0.25) is 4.98 Å². The Bertz CT molecular complexity index is 790. The molecule has 0 atom stereocenters. The maximum absolute atomic E-state index is 11.1. The van der Waals surface area contributed by atoms with Crippen molar-refractivity contribution >= 4 is 39.8 Å². The minimum atomic E-state index is -0.502. The zero-order chi connectivity index (χ0) is 13.4. The lowest BCUT2D eigenvalue weighted by Gasteiger charge is -2.09. The number of nitrogens with two attached hydrogens (primary N) is 1. The van der Waals surface area contributed by atoms with Gasteiger partial charge in [0.1, 0.15) is 0 Å². The van der Waals surface area contributed by atoms with Gasteiger partial charge in [0.25, 0.3) is 0 Å². The van der Waals surface area contributed by atoms with E-state index >= 15 is 0 Å². The van der Waals surface area contributed by atoms with Crippen LogP contribution in [-0.2, 0) is 0 Å². The molecule has 0 fully saturated rings. The largest absolute Gasteiger partial charge is 0.417 e. The molecule has 2 aromatic carbocycles. The van der Waals surface area contributed by atoms with Crippen LogP contribution in [0.3, 0.4) is 0 Å². The lowest BCUT2D eigenvalue weighted by Crippen LogP contribution is -1.96. The number of aromatic nitrogens is 1. The lowest BCUT2D eigenvalue weighted by molar-refractivity contribution is 0.555. The van der Waals surface area contributed by atoms with Gasteiger partial charge in [-0.2, -0.15) is 0 Å². The molecule has 0 aliphatic rings. The first kappa shape index (κ1) is 11.7. The molecule has 3 rings (SSSR count). The van der Waals surface area contributed by atoms with E-state index in [1.807, 2.05) is 12.1 Å². The Kier molecular flexibility index (Phi) is 2.68. The number of nitrogen functional groups attached to an aromatic ring is 1. The molecule has 0 saturated heterocycles. The van der Waals surface area contributed by atoms with Crippen molar-refractivity contribution in [3.05, 3.63) is 52.0 Å². The second-order valence-electron chi connectivity index (χ2n) is 4.08. The van der Waals surface area contributed by atoms with Gasteiger partial charge >= 0.3 is 5.76 Å².